The molecule has 0 aliphatic carbocycles. The molecule has 0 spiro atoms. The van der Waals surface area contributed by atoms with Crippen molar-refractivity contribution < 1.29 is 18.3 Å². The average Bonchev–Trinajstić information content (AvgIpc) is 2.41. The second-order valence-electron chi connectivity index (χ2n) is 4.04. The van der Waals surface area contributed by atoms with Crippen molar-refractivity contribution in [3.05, 3.63) is 57.0 Å². The fraction of sp³-hybridized carbons (Fsp3) is 0.0714. The lowest BCUT2D eigenvalue weighted by Crippen LogP contribution is -2.20. The maximum absolute atomic E-state index is 12.9. The number of carbonyl (C=O) groups is 1. The first-order valence-corrected chi connectivity index (χ1v) is 7.37. The van der Waals surface area contributed by atoms with Gasteiger partial charge in [0, 0.05) is 4.47 Å². The Labute approximate surface area is 136 Å². The predicted molar refractivity (Wildman–Crippen MR) is 82.3 cm³/mol. The lowest BCUT2D eigenvalue weighted by atomic mass is 10.3. The van der Waals surface area contributed by atoms with E-state index in [0.29, 0.717) is 20.4 Å². The third-order valence-corrected chi connectivity index (χ3v) is 3.73. The first-order chi connectivity index (χ1) is 9.95. The highest BCUT2D eigenvalue weighted by Gasteiger charge is 2.09. The fourth-order valence-electron chi connectivity index (χ4n) is 1.51. The van der Waals surface area contributed by atoms with E-state index in [1.807, 2.05) is 0 Å². The molecule has 0 saturated heterocycles. The number of halogens is 4. The van der Waals surface area contributed by atoms with Gasteiger partial charge in [0.05, 0.1) is 10.2 Å². The van der Waals surface area contributed by atoms with Crippen LogP contribution in [0.4, 0.5) is 14.5 Å². The Bertz CT molecular complexity index is 680. The summed E-state index contributed by atoms with van der Waals surface area (Å²) in [7, 11) is 0. The number of benzene rings is 2. The molecule has 2 aromatic rings. The largest absolute Gasteiger partial charge is 0.483 e. The van der Waals surface area contributed by atoms with Gasteiger partial charge in [0.25, 0.3) is 5.91 Å². The van der Waals surface area contributed by atoms with Gasteiger partial charge in [-0.2, -0.15) is 0 Å². The number of carbonyl (C=O) groups excluding carboxylic acids is 1. The second-order valence-corrected chi connectivity index (χ2v) is 5.74. The van der Waals surface area contributed by atoms with Crippen molar-refractivity contribution in [1.82, 2.24) is 0 Å². The number of amides is 1. The first kappa shape index (κ1) is 15.9. The van der Waals surface area contributed by atoms with E-state index in [9.17, 15) is 13.6 Å². The zero-order chi connectivity index (χ0) is 15.4. The van der Waals surface area contributed by atoms with Crippen LogP contribution in [-0.4, -0.2) is 12.5 Å². The number of nitrogens with one attached hydrogen (secondary N) is 1. The van der Waals surface area contributed by atoms with Crippen LogP contribution in [0.5, 0.6) is 5.75 Å². The second kappa shape index (κ2) is 7.00. The topological polar surface area (TPSA) is 38.3 Å². The molecule has 0 radical (unpaired) electrons. The van der Waals surface area contributed by atoms with Gasteiger partial charge in [-0.1, -0.05) is 0 Å². The lowest BCUT2D eigenvalue weighted by Gasteiger charge is -2.10. The molecule has 0 unspecified atom stereocenters. The summed E-state index contributed by atoms with van der Waals surface area (Å²) in [5.41, 5.74) is 0.433. The molecule has 1 amide bonds. The molecule has 1 N–H and O–H groups in total. The first-order valence-electron chi connectivity index (χ1n) is 5.78. The fourth-order valence-corrected chi connectivity index (χ4v) is 2.43. The Kier molecular flexibility index (Phi) is 5.30. The van der Waals surface area contributed by atoms with Crippen molar-refractivity contribution in [2.24, 2.45) is 0 Å². The zero-order valence-electron chi connectivity index (χ0n) is 10.5. The summed E-state index contributed by atoms with van der Waals surface area (Å²) in [5, 5.41) is 2.57. The van der Waals surface area contributed by atoms with Crippen LogP contribution in [0, 0.1) is 11.6 Å². The monoisotopic (exact) mass is 419 g/mol. The smallest absolute Gasteiger partial charge is 0.262 e. The summed E-state index contributed by atoms with van der Waals surface area (Å²) in [6.45, 7) is -0.256. The molecule has 0 bridgehead atoms. The van der Waals surface area contributed by atoms with Crippen LogP contribution < -0.4 is 10.1 Å². The minimum Gasteiger partial charge on any atom is -0.483 e. The summed E-state index contributed by atoms with van der Waals surface area (Å²) in [6, 6.07) is 7.80. The summed E-state index contributed by atoms with van der Waals surface area (Å²) < 4.78 is 32.0. The molecule has 0 saturated carbocycles. The van der Waals surface area contributed by atoms with Gasteiger partial charge in [-0.05, 0) is 68.3 Å². The molecule has 3 nitrogen and oxygen atoms in total. The molecular formula is C14H9Br2F2NO2. The molecule has 0 aliphatic rings. The lowest BCUT2D eigenvalue weighted by molar-refractivity contribution is -0.118. The highest BCUT2D eigenvalue weighted by molar-refractivity contribution is 9.11. The molecule has 110 valence electrons. The van der Waals surface area contributed by atoms with Crippen LogP contribution in [0.3, 0.4) is 0 Å². The number of anilines is 1. The molecule has 0 atom stereocenters. The van der Waals surface area contributed by atoms with Gasteiger partial charge >= 0.3 is 0 Å². The molecule has 21 heavy (non-hydrogen) atoms. The average molecular weight is 421 g/mol. The third kappa shape index (κ3) is 4.50. The van der Waals surface area contributed by atoms with Crippen LogP contribution in [0.1, 0.15) is 0 Å². The molecule has 0 aromatic heterocycles. The van der Waals surface area contributed by atoms with Crippen molar-refractivity contribution in [1.29, 1.82) is 0 Å². The Balaban J connectivity index is 1.96. The van der Waals surface area contributed by atoms with Crippen LogP contribution >= 0.6 is 31.9 Å². The standard InChI is InChI=1S/C14H9Br2F2NO2/c15-10-5-8(17)1-3-12(10)19-14(20)7-21-13-4-2-9(18)6-11(13)16/h1-6H,7H2,(H,19,20). The Morgan fingerprint density at radius 2 is 1.67 bits per heavy atom. The normalized spacial score (nSPS) is 10.3. The van der Waals surface area contributed by atoms with Crippen LogP contribution in [0.25, 0.3) is 0 Å². The van der Waals surface area contributed by atoms with Crippen LogP contribution in [-0.2, 0) is 4.79 Å². The van der Waals surface area contributed by atoms with E-state index in [4.69, 9.17) is 4.74 Å². The van der Waals surface area contributed by atoms with E-state index >= 15 is 0 Å². The Hall–Kier alpha value is -1.47. The SMILES string of the molecule is O=C(COc1ccc(F)cc1Br)Nc1ccc(F)cc1Br. The number of hydrogen-bond acceptors (Lipinski definition) is 2. The van der Waals surface area contributed by atoms with Gasteiger partial charge in [-0.15, -0.1) is 0 Å². The van der Waals surface area contributed by atoms with Gasteiger partial charge in [-0.25, -0.2) is 8.78 Å². The van der Waals surface area contributed by atoms with E-state index in [-0.39, 0.29) is 6.61 Å². The van der Waals surface area contributed by atoms with E-state index < -0.39 is 17.5 Å². The molecule has 2 aromatic carbocycles. The summed E-state index contributed by atoms with van der Waals surface area (Å²) in [6.07, 6.45) is 0. The highest BCUT2D eigenvalue weighted by Crippen LogP contribution is 2.26. The number of rotatable bonds is 4. The van der Waals surface area contributed by atoms with E-state index in [2.05, 4.69) is 37.2 Å². The van der Waals surface area contributed by atoms with E-state index in [1.165, 1.54) is 36.4 Å². The van der Waals surface area contributed by atoms with Gasteiger partial charge in [0.15, 0.2) is 6.61 Å². The van der Waals surface area contributed by atoms with Gasteiger partial charge < -0.3 is 10.1 Å². The summed E-state index contributed by atoms with van der Waals surface area (Å²) in [5.74, 6) is -0.886. The van der Waals surface area contributed by atoms with Crippen molar-refractivity contribution >= 4 is 43.5 Å². The van der Waals surface area contributed by atoms with Gasteiger partial charge in [-0.3, -0.25) is 4.79 Å². The highest BCUT2D eigenvalue weighted by atomic mass is 79.9. The maximum Gasteiger partial charge on any atom is 0.262 e. The van der Waals surface area contributed by atoms with Gasteiger partial charge in [0.1, 0.15) is 17.4 Å². The summed E-state index contributed by atoms with van der Waals surface area (Å²) in [4.78, 5) is 11.8. The molecule has 0 fully saturated rings. The predicted octanol–water partition coefficient (Wildman–Crippen LogP) is 4.51. The summed E-state index contributed by atoms with van der Waals surface area (Å²) >= 11 is 6.28. The Morgan fingerprint density at radius 3 is 2.29 bits per heavy atom. The number of ether oxygens (including phenoxy) is 1. The molecule has 0 aliphatic heterocycles. The van der Waals surface area contributed by atoms with Crippen LogP contribution in [0.2, 0.25) is 0 Å². The maximum atomic E-state index is 12.9. The molecule has 7 heteroatoms. The Morgan fingerprint density at radius 1 is 1.05 bits per heavy atom. The third-order valence-electron chi connectivity index (χ3n) is 2.46. The molecular weight excluding hydrogens is 412 g/mol. The zero-order valence-corrected chi connectivity index (χ0v) is 13.7. The number of hydrogen-bond donors (Lipinski definition) is 1. The van der Waals surface area contributed by atoms with Crippen molar-refractivity contribution in [2.75, 3.05) is 11.9 Å². The van der Waals surface area contributed by atoms with E-state index in [1.54, 1.807) is 0 Å². The molecule has 2 rings (SSSR count). The minimum absolute atomic E-state index is 0.256. The van der Waals surface area contributed by atoms with Gasteiger partial charge in [0.2, 0.25) is 0 Å². The van der Waals surface area contributed by atoms with Crippen LogP contribution in [0.15, 0.2) is 45.3 Å². The van der Waals surface area contributed by atoms with Crippen molar-refractivity contribution in [2.45, 2.75) is 0 Å². The molecule has 0 heterocycles. The minimum atomic E-state index is -0.418. The quantitative estimate of drug-likeness (QED) is 0.790. The van der Waals surface area contributed by atoms with Crippen molar-refractivity contribution in [3.63, 3.8) is 0 Å². The van der Waals surface area contributed by atoms with Crippen molar-refractivity contribution in [3.8, 4) is 5.75 Å². The van der Waals surface area contributed by atoms with E-state index in [0.717, 1.165) is 0 Å².